The van der Waals surface area contributed by atoms with E-state index in [9.17, 15) is 0 Å². The lowest BCUT2D eigenvalue weighted by molar-refractivity contribution is 0.115. The van der Waals surface area contributed by atoms with Gasteiger partial charge >= 0.3 is 0 Å². The van der Waals surface area contributed by atoms with E-state index in [-0.39, 0.29) is 0 Å². The molecular weight excluding hydrogens is 226 g/mol. The summed E-state index contributed by atoms with van der Waals surface area (Å²) in [7, 11) is 0. The van der Waals surface area contributed by atoms with Crippen LogP contribution in [0, 0.1) is 0 Å². The minimum atomic E-state index is 0.709. The topological polar surface area (TPSA) is 3.24 Å². The van der Waals surface area contributed by atoms with Crippen LogP contribution < -0.4 is 0 Å². The van der Waals surface area contributed by atoms with Gasteiger partial charge in [-0.15, -0.1) is 0 Å². The maximum absolute atomic E-state index is 3.77. The predicted octanol–water partition coefficient (Wildman–Crippen LogP) is 3.42. The Morgan fingerprint density at radius 1 is 1.54 bits per heavy atom. The minimum Gasteiger partial charge on any atom is -0.297 e. The summed E-state index contributed by atoms with van der Waals surface area (Å²) in [6.07, 6.45) is 5.34. The number of rotatable bonds is 3. The zero-order valence-corrected chi connectivity index (χ0v) is 10.7. The number of halogens is 1. The molecule has 0 N–H and O–H groups in total. The molecule has 1 rings (SSSR count). The minimum absolute atomic E-state index is 0.709. The fraction of sp³-hybridized carbons (Fsp3) is 1.00. The van der Waals surface area contributed by atoms with Crippen LogP contribution in [0.2, 0.25) is 0 Å². The van der Waals surface area contributed by atoms with E-state index >= 15 is 0 Å². The quantitative estimate of drug-likeness (QED) is 0.692. The molecule has 0 aromatic carbocycles. The molecular formula is C11H22BrN. The lowest BCUT2D eigenvalue weighted by Gasteiger charge is -2.41. The summed E-state index contributed by atoms with van der Waals surface area (Å²) in [5.41, 5.74) is 0. The Kier molecular flexibility index (Phi) is 4.74. The molecule has 0 aromatic heterocycles. The Morgan fingerprint density at radius 2 is 2.23 bits per heavy atom. The monoisotopic (exact) mass is 247 g/mol. The van der Waals surface area contributed by atoms with Crippen molar-refractivity contribution in [2.45, 2.75) is 63.4 Å². The number of hydrogen-bond acceptors (Lipinski definition) is 1. The Hall–Kier alpha value is 0.440. The molecule has 1 saturated heterocycles. The molecule has 0 bridgehead atoms. The zero-order chi connectivity index (χ0) is 9.84. The van der Waals surface area contributed by atoms with E-state index in [1.807, 2.05) is 0 Å². The van der Waals surface area contributed by atoms with Crippen LogP contribution in [0.1, 0.15) is 46.5 Å². The van der Waals surface area contributed by atoms with Crippen molar-refractivity contribution in [2.75, 3.05) is 6.54 Å². The average molecular weight is 248 g/mol. The first-order valence-corrected chi connectivity index (χ1v) is 6.48. The Morgan fingerprint density at radius 3 is 2.85 bits per heavy atom. The van der Waals surface area contributed by atoms with Gasteiger partial charge in [0.2, 0.25) is 0 Å². The third kappa shape index (κ3) is 2.95. The molecule has 0 saturated carbocycles. The van der Waals surface area contributed by atoms with Crippen molar-refractivity contribution in [3.63, 3.8) is 0 Å². The molecule has 13 heavy (non-hydrogen) atoms. The normalized spacial score (nSPS) is 33.2. The van der Waals surface area contributed by atoms with Crippen molar-refractivity contribution in [2.24, 2.45) is 0 Å². The summed E-state index contributed by atoms with van der Waals surface area (Å²) < 4.78 is 0. The molecule has 1 fully saturated rings. The van der Waals surface area contributed by atoms with E-state index in [4.69, 9.17) is 0 Å². The van der Waals surface area contributed by atoms with E-state index in [1.54, 1.807) is 0 Å². The lowest BCUT2D eigenvalue weighted by atomic mass is 10.00. The SMILES string of the molecule is CCCC(C)N1CCCC(Br)C1C. The van der Waals surface area contributed by atoms with Gasteiger partial charge in [-0.1, -0.05) is 29.3 Å². The zero-order valence-electron chi connectivity index (χ0n) is 9.09. The average Bonchev–Trinajstić information content (AvgIpc) is 2.10. The van der Waals surface area contributed by atoms with Crippen LogP contribution in [-0.4, -0.2) is 28.4 Å². The van der Waals surface area contributed by atoms with Crippen LogP contribution in [-0.2, 0) is 0 Å². The van der Waals surface area contributed by atoms with Gasteiger partial charge in [-0.2, -0.15) is 0 Å². The van der Waals surface area contributed by atoms with Gasteiger partial charge < -0.3 is 0 Å². The summed E-state index contributed by atoms with van der Waals surface area (Å²) >= 11 is 3.77. The highest BCUT2D eigenvalue weighted by Crippen LogP contribution is 2.26. The third-order valence-electron chi connectivity index (χ3n) is 3.22. The molecule has 2 heteroatoms. The van der Waals surface area contributed by atoms with E-state index in [2.05, 4.69) is 41.6 Å². The second-order valence-electron chi connectivity index (χ2n) is 4.27. The van der Waals surface area contributed by atoms with Crippen LogP contribution in [0.4, 0.5) is 0 Å². The number of nitrogens with zero attached hydrogens (tertiary/aromatic N) is 1. The number of piperidine rings is 1. The van der Waals surface area contributed by atoms with Crippen molar-refractivity contribution in [3.05, 3.63) is 0 Å². The predicted molar refractivity (Wildman–Crippen MR) is 62.5 cm³/mol. The second kappa shape index (κ2) is 5.35. The first kappa shape index (κ1) is 11.5. The van der Waals surface area contributed by atoms with Gasteiger partial charge in [0.05, 0.1) is 0 Å². The lowest BCUT2D eigenvalue weighted by Crippen LogP contribution is -2.48. The summed E-state index contributed by atoms with van der Waals surface area (Å²) in [6, 6.07) is 1.48. The molecule has 78 valence electrons. The standard InChI is InChI=1S/C11H22BrN/c1-4-6-9(2)13-8-5-7-11(12)10(13)3/h9-11H,4-8H2,1-3H3. The van der Waals surface area contributed by atoms with E-state index in [1.165, 1.54) is 32.2 Å². The second-order valence-corrected chi connectivity index (χ2v) is 5.45. The van der Waals surface area contributed by atoms with Crippen molar-refractivity contribution in [3.8, 4) is 0 Å². The molecule has 3 atom stereocenters. The molecule has 3 unspecified atom stereocenters. The van der Waals surface area contributed by atoms with Gasteiger partial charge in [-0.3, -0.25) is 4.90 Å². The summed E-state index contributed by atoms with van der Waals surface area (Å²) in [5.74, 6) is 0. The molecule has 0 radical (unpaired) electrons. The van der Waals surface area contributed by atoms with E-state index in [0.717, 1.165) is 12.1 Å². The summed E-state index contributed by atoms with van der Waals surface area (Å²) in [6.45, 7) is 8.29. The van der Waals surface area contributed by atoms with Crippen LogP contribution >= 0.6 is 15.9 Å². The third-order valence-corrected chi connectivity index (χ3v) is 4.44. The van der Waals surface area contributed by atoms with Gasteiger partial charge in [0.25, 0.3) is 0 Å². The highest BCUT2D eigenvalue weighted by molar-refractivity contribution is 9.09. The number of hydrogen-bond donors (Lipinski definition) is 0. The smallest absolute Gasteiger partial charge is 0.0299 e. The fourth-order valence-corrected chi connectivity index (χ4v) is 2.95. The van der Waals surface area contributed by atoms with Crippen molar-refractivity contribution < 1.29 is 0 Å². The van der Waals surface area contributed by atoms with Crippen LogP contribution in [0.25, 0.3) is 0 Å². The Labute approximate surface area is 91.0 Å². The molecule has 1 aliphatic heterocycles. The molecule has 1 nitrogen and oxygen atoms in total. The highest BCUT2D eigenvalue weighted by Gasteiger charge is 2.28. The van der Waals surface area contributed by atoms with Crippen LogP contribution in [0.3, 0.4) is 0 Å². The Bertz CT molecular complexity index is 149. The largest absolute Gasteiger partial charge is 0.297 e. The van der Waals surface area contributed by atoms with E-state index in [0.29, 0.717) is 4.83 Å². The van der Waals surface area contributed by atoms with Crippen molar-refractivity contribution in [1.82, 2.24) is 4.90 Å². The maximum Gasteiger partial charge on any atom is 0.0299 e. The van der Waals surface area contributed by atoms with Gasteiger partial charge in [0.15, 0.2) is 0 Å². The molecule has 1 aliphatic rings. The van der Waals surface area contributed by atoms with Gasteiger partial charge in [0.1, 0.15) is 0 Å². The van der Waals surface area contributed by atoms with Gasteiger partial charge in [-0.25, -0.2) is 0 Å². The Balaban J connectivity index is 2.46. The van der Waals surface area contributed by atoms with E-state index < -0.39 is 0 Å². The van der Waals surface area contributed by atoms with Crippen molar-refractivity contribution >= 4 is 15.9 Å². The maximum atomic E-state index is 3.77. The summed E-state index contributed by atoms with van der Waals surface area (Å²) in [4.78, 5) is 3.37. The van der Waals surface area contributed by atoms with Gasteiger partial charge in [-0.05, 0) is 39.7 Å². The number of likely N-dealkylation sites (tertiary alicyclic amines) is 1. The molecule has 0 aromatic rings. The number of alkyl halides is 1. The van der Waals surface area contributed by atoms with Gasteiger partial charge in [0, 0.05) is 16.9 Å². The van der Waals surface area contributed by atoms with Crippen LogP contribution in [0.5, 0.6) is 0 Å². The molecule has 0 spiro atoms. The highest BCUT2D eigenvalue weighted by atomic mass is 79.9. The van der Waals surface area contributed by atoms with Crippen molar-refractivity contribution in [1.29, 1.82) is 0 Å². The van der Waals surface area contributed by atoms with Crippen LogP contribution in [0.15, 0.2) is 0 Å². The first-order chi connectivity index (χ1) is 6.16. The fourth-order valence-electron chi connectivity index (χ4n) is 2.33. The molecule has 0 amide bonds. The summed E-state index contributed by atoms with van der Waals surface area (Å²) in [5, 5.41) is 0. The molecule has 1 heterocycles. The first-order valence-electron chi connectivity index (χ1n) is 5.56. The molecule has 0 aliphatic carbocycles.